The van der Waals surface area contributed by atoms with E-state index in [4.69, 9.17) is 10.1 Å². The van der Waals surface area contributed by atoms with Crippen LogP contribution in [0.4, 0.5) is 11.4 Å². The molecule has 0 radical (unpaired) electrons. The summed E-state index contributed by atoms with van der Waals surface area (Å²) in [5, 5.41) is 9.37. The summed E-state index contributed by atoms with van der Waals surface area (Å²) >= 11 is 0. The van der Waals surface area contributed by atoms with Crippen LogP contribution in [0.3, 0.4) is 0 Å². The van der Waals surface area contributed by atoms with Gasteiger partial charge in [-0.25, -0.2) is 4.98 Å². The van der Waals surface area contributed by atoms with E-state index in [1.165, 1.54) is 11.4 Å². The van der Waals surface area contributed by atoms with E-state index in [1.807, 2.05) is 0 Å². The van der Waals surface area contributed by atoms with E-state index in [1.54, 1.807) is 0 Å². The highest BCUT2D eigenvalue weighted by Gasteiger charge is 2.25. The van der Waals surface area contributed by atoms with Crippen molar-refractivity contribution in [2.75, 3.05) is 9.80 Å². The first kappa shape index (κ1) is 28.6. The lowest BCUT2D eigenvalue weighted by Crippen LogP contribution is -2.36. The van der Waals surface area contributed by atoms with Crippen LogP contribution >= 0.6 is 0 Å². The van der Waals surface area contributed by atoms with Gasteiger partial charge < -0.3 is 9.80 Å². The zero-order valence-corrected chi connectivity index (χ0v) is 24.9. The average Bonchev–Trinajstić information content (AvgIpc) is 2.84. The number of nitrogens with zero attached hydrogens (tertiary/aromatic N) is 5. The highest BCUT2D eigenvalue weighted by Crippen LogP contribution is 2.34. The van der Waals surface area contributed by atoms with Crippen molar-refractivity contribution >= 4 is 11.4 Å². The van der Waals surface area contributed by atoms with Gasteiger partial charge in [0.05, 0.1) is 0 Å². The second kappa shape index (κ2) is 11.6. The zero-order valence-electron chi connectivity index (χ0n) is 24.9. The highest BCUT2D eigenvalue weighted by atomic mass is 15.2. The Balaban J connectivity index is 2.11. The van der Waals surface area contributed by atoms with Crippen LogP contribution in [-0.4, -0.2) is 39.3 Å². The number of hydrogen-bond donors (Lipinski definition) is 0. The van der Waals surface area contributed by atoms with Crippen molar-refractivity contribution in [1.82, 2.24) is 15.2 Å². The first-order valence-electron chi connectivity index (χ1n) is 13.9. The van der Waals surface area contributed by atoms with E-state index < -0.39 is 0 Å². The summed E-state index contributed by atoms with van der Waals surface area (Å²) < 4.78 is 0. The van der Waals surface area contributed by atoms with Crippen molar-refractivity contribution < 1.29 is 0 Å². The standard InChI is InChI=1S/C32H47N5/c1-12-32(10,11)31-33-29(25-13-17-27(18-14-25)36(21(2)3)22(4)5)30(34-35-31)26-15-19-28(20-16-26)37(23(6)7)24(8)9/h13-24H,12H2,1-11H3. The lowest BCUT2D eigenvalue weighted by molar-refractivity contribution is 0.466. The maximum Gasteiger partial charge on any atom is 0.157 e. The van der Waals surface area contributed by atoms with Crippen LogP contribution in [0.15, 0.2) is 48.5 Å². The number of hydrogen-bond acceptors (Lipinski definition) is 5. The number of anilines is 2. The van der Waals surface area contributed by atoms with E-state index in [2.05, 4.69) is 140 Å². The quantitative estimate of drug-likeness (QED) is 0.280. The molecule has 0 atom stereocenters. The third kappa shape index (κ3) is 6.31. The molecule has 0 bridgehead atoms. The predicted octanol–water partition coefficient (Wildman–Crippen LogP) is 8.14. The van der Waals surface area contributed by atoms with Gasteiger partial charge in [-0.1, -0.05) is 45.0 Å². The monoisotopic (exact) mass is 501 g/mol. The van der Waals surface area contributed by atoms with Gasteiger partial charge in [-0.2, -0.15) is 0 Å². The summed E-state index contributed by atoms with van der Waals surface area (Å²) in [5.74, 6) is 0.784. The van der Waals surface area contributed by atoms with E-state index in [0.29, 0.717) is 24.2 Å². The second-order valence-corrected chi connectivity index (χ2v) is 11.9. The molecule has 200 valence electrons. The predicted molar refractivity (Wildman–Crippen MR) is 160 cm³/mol. The van der Waals surface area contributed by atoms with E-state index in [0.717, 1.165) is 34.8 Å². The van der Waals surface area contributed by atoms with Crippen molar-refractivity contribution in [2.24, 2.45) is 0 Å². The Morgan fingerprint density at radius 3 is 1.32 bits per heavy atom. The minimum atomic E-state index is -0.148. The summed E-state index contributed by atoms with van der Waals surface area (Å²) in [7, 11) is 0. The van der Waals surface area contributed by atoms with Gasteiger partial charge in [-0.05, 0) is 86.1 Å². The van der Waals surface area contributed by atoms with Crippen LogP contribution < -0.4 is 9.80 Å². The van der Waals surface area contributed by atoms with Crippen LogP contribution in [-0.2, 0) is 5.41 Å². The van der Waals surface area contributed by atoms with Gasteiger partial charge in [0.25, 0.3) is 0 Å². The summed E-state index contributed by atoms with van der Waals surface area (Å²) in [6.07, 6.45) is 0.944. The molecule has 0 spiro atoms. The molecule has 0 amide bonds. The minimum absolute atomic E-state index is 0.148. The lowest BCUT2D eigenvalue weighted by atomic mass is 9.89. The lowest BCUT2D eigenvalue weighted by Gasteiger charge is -2.33. The highest BCUT2D eigenvalue weighted by molar-refractivity contribution is 5.79. The van der Waals surface area contributed by atoms with Gasteiger partial charge in [0.1, 0.15) is 11.4 Å². The Morgan fingerprint density at radius 1 is 0.595 bits per heavy atom. The minimum Gasteiger partial charge on any atom is -0.367 e. The van der Waals surface area contributed by atoms with Crippen LogP contribution in [0.2, 0.25) is 0 Å². The molecular weight excluding hydrogens is 454 g/mol. The van der Waals surface area contributed by atoms with Crippen LogP contribution in [0.25, 0.3) is 22.5 Å². The summed E-state index contributed by atoms with van der Waals surface area (Å²) in [5.41, 5.74) is 6.08. The molecule has 1 heterocycles. The van der Waals surface area contributed by atoms with E-state index in [9.17, 15) is 0 Å². The molecule has 0 saturated heterocycles. The fourth-order valence-corrected chi connectivity index (χ4v) is 5.13. The molecule has 0 fully saturated rings. The Hall–Kier alpha value is -2.95. The van der Waals surface area contributed by atoms with Crippen molar-refractivity contribution in [3.63, 3.8) is 0 Å². The van der Waals surface area contributed by atoms with Crippen molar-refractivity contribution in [3.8, 4) is 22.5 Å². The Kier molecular flexibility index (Phi) is 8.99. The van der Waals surface area contributed by atoms with Crippen LogP contribution in [0.5, 0.6) is 0 Å². The molecule has 0 aliphatic rings. The van der Waals surface area contributed by atoms with Gasteiger partial charge >= 0.3 is 0 Å². The maximum atomic E-state index is 5.12. The molecule has 0 unspecified atom stereocenters. The molecule has 0 aliphatic carbocycles. The fraction of sp³-hybridized carbons (Fsp3) is 0.531. The van der Waals surface area contributed by atoms with Crippen LogP contribution in [0.1, 0.15) is 88.4 Å². The van der Waals surface area contributed by atoms with Gasteiger partial charge in [0.15, 0.2) is 5.82 Å². The normalized spacial score (nSPS) is 12.2. The van der Waals surface area contributed by atoms with Crippen molar-refractivity contribution in [1.29, 1.82) is 0 Å². The molecule has 0 N–H and O–H groups in total. The molecule has 37 heavy (non-hydrogen) atoms. The fourth-order valence-electron chi connectivity index (χ4n) is 5.13. The molecule has 5 heteroatoms. The van der Waals surface area contributed by atoms with E-state index >= 15 is 0 Å². The van der Waals surface area contributed by atoms with Crippen molar-refractivity contribution in [2.45, 2.75) is 112 Å². The molecule has 0 saturated carbocycles. The number of rotatable bonds is 10. The topological polar surface area (TPSA) is 45.2 Å². The van der Waals surface area contributed by atoms with Gasteiger partial charge in [-0.3, -0.25) is 0 Å². The molecule has 1 aromatic heterocycles. The second-order valence-electron chi connectivity index (χ2n) is 11.9. The largest absolute Gasteiger partial charge is 0.367 e. The smallest absolute Gasteiger partial charge is 0.157 e. The maximum absolute atomic E-state index is 5.12. The molecule has 3 rings (SSSR count). The molecule has 2 aromatic carbocycles. The van der Waals surface area contributed by atoms with Crippen molar-refractivity contribution in [3.05, 3.63) is 54.4 Å². The van der Waals surface area contributed by atoms with Crippen LogP contribution in [0, 0.1) is 0 Å². The van der Waals surface area contributed by atoms with E-state index in [-0.39, 0.29) is 5.41 Å². The zero-order chi connectivity index (χ0) is 27.5. The van der Waals surface area contributed by atoms with Gasteiger partial charge in [0.2, 0.25) is 0 Å². The molecular formula is C32H47N5. The number of benzene rings is 2. The summed E-state index contributed by atoms with van der Waals surface area (Å²) in [4.78, 5) is 9.98. The third-order valence-corrected chi connectivity index (χ3v) is 7.28. The number of aromatic nitrogens is 3. The van der Waals surface area contributed by atoms with Gasteiger partial charge in [0, 0.05) is 52.1 Å². The molecule has 3 aromatic rings. The molecule has 5 nitrogen and oxygen atoms in total. The molecule has 0 aliphatic heterocycles. The first-order chi connectivity index (χ1) is 17.4. The Morgan fingerprint density at radius 2 is 0.973 bits per heavy atom. The van der Waals surface area contributed by atoms with Gasteiger partial charge in [-0.15, -0.1) is 10.2 Å². The summed E-state index contributed by atoms with van der Waals surface area (Å²) in [6, 6.07) is 19.2. The Bertz CT molecular complexity index is 1130. The average molecular weight is 502 g/mol. The first-order valence-corrected chi connectivity index (χ1v) is 13.9. The Labute approximate surface area is 225 Å². The third-order valence-electron chi connectivity index (χ3n) is 7.28. The summed E-state index contributed by atoms with van der Waals surface area (Å²) in [6.45, 7) is 24.4. The SMILES string of the molecule is CCC(C)(C)c1nnc(-c2ccc(N(C(C)C)C(C)C)cc2)c(-c2ccc(N(C(C)C)C(C)C)cc2)n1.